The van der Waals surface area contributed by atoms with Crippen LogP contribution >= 0.6 is 11.3 Å². The van der Waals surface area contributed by atoms with Crippen molar-refractivity contribution < 1.29 is 0 Å². The molecule has 1 aliphatic heterocycles. The maximum absolute atomic E-state index is 4.65. The number of aromatic nitrogens is 3. The van der Waals surface area contributed by atoms with Crippen molar-refractivity contribution in [3.63, 3.8) is 0 Å². The molecule has 1 fully saturated rings. The smallest absolute Gasteiger partial charge is 0.191 e. The first kappa shape index (κ1) is 11.8. The van der Waals surface area contributed by atoms with Gasteiger partial charge >= 0.3 is 0 Å². The Hall–Kier alpha value is -1.24. The molecular formula is C12H17N5S. The Labute approximate surface area is 110 Å². The molecule has 2 aromatic heterocycles. The third kappa shape index (κ3) is 2.45. The van der Waals surface area contributed by atoms with Crippen molar-refractivity contribution >= 4 is 11.3 Å². The topological polar surface area (TPSA) is 46.0 Å². The van der Waals surface area contributed by atoms with Gasteiger partial charge in [-0.3, -0.25) is 9.58 Å². The number of aryl methyl sites for hydroxylation is 1. The zero-order chi connectivity index (χ0) is 12.4. The fourth-order valence-electron chi connectivity index (χ4n) is 2.13. The molecule has 3 heterocycles. The van der Waals surface area contributed by atoms with E-state index in [1.54, 1.807) is 11.3 Å². The second-order valence-electron chi connectivity index (χ2n) is 4.48. The molecule has 18 heavy (non-hydrogen) atoms. The molecule has 1 saturated heterocycles. The average molecular weight is 263 g/mol. The van der Waals surface area contributed by atoms with Crippen molar-refractivity contribution in [3.8, 4) is 10.7 Å². The first-order valence-corrected chi connectivity index (χ1v) is 7.08. The molecule has 0 amide bonds. The molecule has 96 valence electrons. The van der Waals surface area contributed by atoms with Gasteiger partial charge in [0.1, 0.15) is 5.82 Å². The van der Waals surface area contributed by atoms with Crippen LogP contribution in [0.4, 0.5) is 0 Å². The van der Waals surface area contributed by atoms with Gasteiger partial charge in [0, 0.05) is 33.2 Å². The van der Waals surface area contributed by atoms with Crippen LogP contribution in [0, 0.1) is 0 Å². The van der Waals surface area contributed by atoms with E-state index in [1.807, 2.05) is 17.8 Å². The zero-order valence-electron chi connectivity index (χ0n) is 10.5. The summed E-state index contributed by atoms with van der Waals surface area (Å²) < 4.78 is 1.90. The Bertz CT molecular complexity index is 499. The molecule has 0 radical (unpaired) electrons. The number of nitrogens with zero attached hydrogens (tertiary/aromatic N) is 4. The van der Waals surface area contributed by atoms with Crippen molar-refractivity contribution in [2.75, 3.05) is 26.2 Å². The standard InChI is InChI=1S/C12H17N5S/c1-16-11(9-17-6-4-13-5-7-17)14-12(15-16)10-3-2-8-18-10/h2-3,8,13H,4-7,9H2,1H3. The van der Waals surface area contributed by atoms with Gasteiger partial charge in [-0.25, -0.2) is 4.98 Å². The minimum atomic E-state index is 0.845. The van der Waals surface area contributed by atoms with Crippen molar-refractivity contribution in [2.24, 2.45) is 7.05 Å². The minimum Gasteiger partial charge on any atom is -0.314 e. The molecule has 3 rings (SSSR count). The van der Waals surface area contributed by atoms with Gasteiger partial charge in [-0.05, 0) is 11.4 Å². The minimum absolute atomic E-state index is 0.845. The Kier molecular flexibility index (Phi) is 3.40. The van der Waals surface area contributed by atoms with Crippen LogP contribution in [0.5, 0.6) is 0 Å². The van der Waals surface area contributed by atoms with Crippen molar-refractivity contribution in [2.45, 2.75) is 6.54 Å². The van der Waals surface area contributed by atoms with Gasteiger partial charge in [-0.1, -0.05) is 6.07 Å². The predicted octanol–water partition coefficient (Wildman–Crippen LogP) is 0.949. The summed E-state index contributed by atoms with van der Waals surface area (Å²) in [4.78, 5) is 8.20. The molecule has 0 spiro atoms. The SMILES string of the molecule is Cn1nc(-c2cccs2)nc1CN1CCNCC1. The summed E-state index contributed by atoms with van der Waals surface area (Å²) >= 11 is 1.68. The highest BCUT2D eigenvalue weighted by atomic mass is 32.1. The van der Waals surface area contributed by atoms with E-state index in [9.17, 15) is 0 Å². The molecule has 0 saturated carbocycles. The highest BCUT2D eigenvalue weighted by Gasteiger charge is 2.15. The van der Waals surface area contributed by atoms with Crippen LogP contribution in [0.15, 0.2) is 17.5 Å². The normalized spacial score (nSPS) is 17.2. The summed E-state index contributed by atoms with van der Waals surface area (Å²) in [6.07, 6.45) is 0. The lowest BCUT2D eigenvalue weighted by molar-refractivity contribution is 0.225. The van der Waals surface area contributed by atoms with E-state index >= 15 is 0 Å². The third-order valence-electron chi connectivity index (χ3n) is 3.17. The summed E-state index contributed by atoms with van der Waals surface area (Å²) in [5, 5.41) is 9.91. The molecule has 5 nitrogen and oxygen atoms in total. The number of nitrogens with one attached hydrogen (secondary N) is 1. The van der Waals surface area contributed by atoms with Crippen LogP contribution in [0.1, 0.15) is 5.82 Å². The van der Waals surface area contributed by atoms with E-state index < -0.39 is 0 Å². The van der Waals surface area contributed by atoms with E-state index in [-0.39, 0.29) is 0 Å². The van der Waals surface area contributed by atoms with Gasteiger partial charge in [0.05, 0.1) is 11.4 Å². The van der Waals surface area contributed by atoms with Gasteiger partial charge in [0.25, 0.3) is 0 Å². The lowest BCUT2D eigenvalue weighted by Gasteiger charge is -2.26. The van der Waals surface area contributed by atoms with Gasteiger partial charge in [-0.15, -0.1) is 11.3 Å². The summed E-state index contributed by atoms with van der Waals surface area (Å²) in [6, 6.07) is 4.10. The molecule has 1 aliphatic rings. The zero-order valence-corrected chi connectivity index (χ0v) is 11.3. The van der Waals surface area contributed by atoms with Crippen LogP contribution in [0.25, 0.3) is 10.7 Å². The Morgan fingerprint density at radius 2 is 2.22 bits per heavy atom. The van der Waals surface area contributed by atoms with Gasteiger partial charge in [0.15, 0.2) is 5.82 Å². The molecule has 2 aromatic rings. The van der Waals surface area contributed by atoms with Crippen LogP contribution in [0.3, 0.4) is 0 Å². The van der Waals surface area contributed by atoms with Crippen LogP contribution in [0.2, 0.25) is 0 Å². The quantitative estimate of drug-likeness (QED) is 0.895. The molecule has 0 atom stereocenters. The first-order valence-electron chi connectivity index (χ1n) is 6.20. The maximum atomic E-state index is 4.65. The number of hydrogen-bond donors (Lipinski definition) is 1. The molecule has 1 N–H and O–H groups in total. The fraction of sp³-hybridized carbons (Fsp3) is 0.500. The highest BCUT2D eigenvalue weighted by molar-refractivity contribution is 7.13. The van der Waals surface area contributed by atoms with Crippen LogP contribution < -0.4 is 5.32 Å². The van der Waals surface area contributed by atoms with E-state index in [4.69, 9.17) is 0 Å². The van der Waals surface area contributed by atoms with E-state index in [1.165, 1.54) is 0 Å². The number of hydrogen-bond acceptors (Lipinski definition) is 5. The van der Waals surface area contributed by atoms with Crippen LogP contribution in [-0.4, -0.2) is 45.8 Å². The van der Waals surface area contributed by atoms with E-state index in [0.717, 1.165) is 49.2 Å². The lowest BCUT2D eigenvalue weighted by Crippen LogP contribution is -2.43. The van der Waals surface area contributed by atoms with Gasteiger partial charge in [0.2, 0.25) is 0 Å². The number of piperazine rings is 1. The average Bonchev–Trinajstić information content (AvgIpc) is 3.01. The fourth-order valence-corrected chi connectivity index (χ4v) is 2.79. The number of thiophene rings is 1. The second-order valence-corrected chi connectivity index (χ2v) is 5.43. The van der Waals surface area contributed by atoms with Gasteiger partial charge in [-0.2, -0.15) is 5.10 Å². The lowest BCUT2D eigenvalue weighted by atomic mass is 10.3. The number of rotatable bonds is 3. The molecular weight excluding hydrogens is 246 g/mol. The van der Waals surface area contributed by atoms with Crippen molar-refractivity contribution in [1.82, 2.24) is 25.0 Å². The summed E-state index contributed by atoms with van der Waals surface area (Å²) in [5.74, 6) is 1.89. The monoisotopic (exact) mass is 263 g/mol. The Morgan fingerprint density at radius 3 is 2.94 bits per heavy atom. The van der Waals surface area contributed by atoms with E-state index in [0.29, 0.717) is 0 Å². The molecule has 0 aliphatic carbocycles. The summed E-state index contributed by atoms with van der Waals surface area (Å²) in [5.41, 5.74) is 0. The third-order valence-corrected chi connectivity index (χ3v) is 4.04. The van der Waals surface area contributed by atoms with E-state index in [2.05, 4.69) is 31.7 Å². The predicted molar refractivity (Wildman–Crippen MR) is 72.5 cm³/mol. The molecule has 6 heteroatoms. The van der Waals surface area contributed by atoms with Crippen molar-refractivity contribution in [3.05, 3.63) is 23.3 Å². The Morgan fingerprint density at radius 1 is 1.39 bits per heavy atom. The molecule has 0 aromatic carbocycles. The second kappa shape index (κ2) is 5.17. The largest absolute Gasteiger partial charge is 0.314 e. The Balaban J connectivity index is 1.76. The van der Waals surface area contributed by atoms with Gasteiger partial charge < -0.3 is 5.32 Å². The van der Waals surface area contributed by atoms with Crippen molar-refractivity contribution in [1.29, 1.82) is 0 Å². The van der Waals surface area contributed by atoms with Crippen LogP contribution in [-0.2, 0) is 13.6 Å². The highest BCUT2D eigenvalue weighted by Crippen LogP contribution is 2.21. The molecule has 0 bridgehead atoms. The first-order chi connectivity index (χ1) is 8.83. The summed E-state index contributed by atoms with van der Waals surface area (Å²) in [6.45, 7) is 5.18. The molecule has 0 unspecified atom stereocenters. The summed E-state index contributed by atoms with van der Waals surface area (Å²) in [7, 11) is 1.97. The maximum Gasteiger partial charge on any atom is 0.191 e.